The van der Waals surface area contributed by atoms with Crippen LogP contribution in [0.25, 0.3) is 10.4 Å². The minimum absolute atomic E-state index is 0.239. The van der Waals surface area contributed by atoms with Crippen molar-refractivity contribution in [3.05, 3.63) is 34.7 Å². The highest BCUT2D eigenvalue weighted by molar-refractivity contribution is 5.82. The van der Waals surface area contributed by atoms with Crippen LogP contribution >= 0.6 is 0 Å². The minimum atomic E-state index is -0.683. The Morgan fingerprint density at radius 1 is 1.67 bits per heavy atom. The van der Waals surface area contributed by atoms with Crippen molar-refractivity contribution >= 4 is 5.97 Å². The molecule has 1 atom stereocenters. The number of rotatable bonds is 6. The number of esters is 1. The summed E-state index contributed by atoms with van der Waals surface area (Å²) in [5.74, 6) is -0.455. The standard InChI is InChI=1S/C9H13N3O3/c1-15-9(14)5-3-2-4-8(13)6-7-11-12-10/h2-5,8,13H,6-7H2,1H3/b4-2+,5-3+. The lowest BCUT2D eigenvalue weighted by Crippen LogP contribution is -2.03. The van der Waals surface area contributed by atoms with Crippen molar-refractivity contribution in [1.82, 2.24) is 0 Å². The lowest BCUT2D eigenvalue weighted by atomic mass is 10.2. The monoisotopic (exact) mass is 211 g/mol. The second kappa shape index (κ2) is 8.80. The second-order valence-electron chi connectivity index (χ2n) is 2.58. The second-order valence-corrected chi connectivity index (χ2v) is 2.58. The third-order valence-electron chi connectivity index (χ3n) is 1.47. The Morgan fingerprint density at radius 2 is 2.40 bits per heavy atom. The first-order valence-electron chi connectivity index (χ1n) is 4.32. The van der Waals surface area contributed by atoms with Crippen LogP contribution in [-0.2, 0) is 9.53 Å². The van der Waals surface area contributed by atoms with E-state index >= 15 is 0 Å². The Balaban J connectivity index is 3.80. The highest BCUT2D eigenvalue weighted by atomic mass is 16.5. The summed E-state index contributed by atoms with van der Waals surface area (Å²) < 4.78 is 4.36. The summed E-state index contributed by atoms with van der Waals surface area (Å²) >= 11 is 0. The van der Waals surface area contributed by atoms with Gasteiger partial charge in [0.25, 0.3) is 0 Å². The van der Waals surface area contributed by atoms with Crippen LogP contribution < -0.4 is 0 Å². The van der Waals surface area contributed by atoms with E-state index < -0.39 is 12.1 Å². The molecule has 0 aromatic rings. The minimum Gasteiger partial charge on any atom is -0.466 e. The Kier molecular flexibility index (Phi) is 7.76. The van der Waals surface area contributed by atoms with E-state index in [2.05, 4.69) is 14.8 Å². The van der Waals surface area contributed by atoms with Gasteiger partial charge >= 0.3 is 5.97 Å². The Bertz CT molecular complexity index is 293. The molecule has 0 rings (SSSR count). The molecule has 0 heterocycles. The van der Waals surface area contributed by atoms with Crippen molar-refractivity contribution in [1.29, 1.82) is 0 Å². The van der Waals surface area contributed by atoms with Crippen molar-refractivity contribution in [2.24, 2.45) is 5.11 Å². The van der Waals surface area contributed by atoms with Gasteiger partial charge in [-0.3, -0.25) is 0 Å². The van der Waals surface area contributed by atoms with Gasteiger partial charge in [0.1, 0.15) is 0 Å². The van der Waals surface area contributed by atoms with E-state index in [4.69, 9.17) is 5.53 Å². The van der Waals surface area contributed by atoms with E-state index in [0.717, 1.165) is 0 Å². The number of nitrogens with zero attached hydrogens (tertiary/aromatic N) is 3. The molecule has 1 N–H and O–H groups in total. The number of hydrogen-bond donors (Lipinski definition) is 1. The number of azide groups is 1. The number of allylic oxidation sites excluding steroid dienone is 2. The van der Waals surface area contributed by atoms with Crippen molar-refractivity contribution in [3.63, 3.8) is 0 Å². The number of carbonyl (C=O) groups is 1. The van der Waals surface area contributed by atoms with Gasteiger partial charge in [-0.15, -0.1) is 0 Å². The summed E-state index contributed by atoms with van der Waals surface area (Å²) in [6.45, 7) is 0.239. The SMILES string of the molecule is COC(=O)/C=C/C=C/C(O)CCN=[N+]=[N-]. The summed E-state index contributed by atoms with van der Waals surface area (Å²) in [6, 6.07) is 0. The van der Waals surface area contributed by atoms with Crippen LogP contribution in [0.1, 0.15) is 6.42 Å². The Labute approximate surface area is 87.5 Å². The summed E-state index contributed by atoms with van der Waals surface area (Å²) in [5, 5.41) is 12.6. The van der Waals surface area contributed by atoms with Gasteiger partial charge in [0.05, 0.1) is 13.2 Å². The molecular formula is C9H13N3O3. The number of methoxy groups -OCH3 is 1. The lowest BCUT2D eigenvalue weighted by Gasteiger charge is -1.99. The van der Waals surface area contributed by atoms with Crippen LogP contribution in [-0.4, -0.2) is 30.8 Å². The van der Waals surface area contributed by atoms with E-state index in [0.29, 0.717) is 6.42 Å². The first-order chi connectivity index (χ1) is 7.20. The highest BCUT2D eigenvalue weighted by Crippen LogP contribution is 1.95. The largest absolute Gasteiger partial charge is 0.466 e. The fourth-order valence-corrected chi connectivity index (χ4v) is 0.726. The van der Waals surface area contributed by atoms with Gasteiger partial charge in [-0.1, -0.05) is 23.3 Å². The zero-order chi connectivity index (χ0) is 11.5. The van der Waals surface area contributed by atoms with Crippen molar-refractivity contribution in [2.45, 2.75) is 12.5 Å². The summed E-state index contributed by atoms with van der Waals surface area (Å²) in [4.78, 5) is 13.2. The topological polar surface area (TPSA) is 95.3 Å². The van der Waals surface area contributed by atoms with E-state index in [-0.39, 0.29) is 6.54 Å². The molecule has 82 valence electrons. The molecular weight excluding hydrogens is 198 g/mol. The Hall–Kier alpha value is -1.78. The molecule has 0 aromatic carbocycles. The maximum Gasteiger partial charge on any atom is 0.330 e. The molecule has 0 saturated carbocycles. The van der Waals surface area contributed by atoms with Crippen molar-refractivity contribution < 1.29 is 14.6 Å². The number of ether oxygens (including phenoxy) is 1. The molecule has 0 aliphatic carbocycles. The molecule has 0 amide bonds. The average Bonchev–Trinajstić information content (AvgIpc) is 2.24. The van der Waals surface area contributed by atoms with Crippen molar-refractivity contribution in [3.8, 4) is 0 Å². The van der Waals surface area contributed by atoms with E-state index in [1.807, 2.05) is 0 Å². The van der Waals surface area contributed by atoms with Gasteiger partial charge in [-0.25, -0.2) is 4.79 Å². The highest BCUT2D eigenvalue weighted by Gasteiger charge is 1.95. The molecule has 0 fully saturated rings. The normalized spacial score (nSPS) is 12.7. The van der Waals surface area contributed by atoms with Gasteiger partial charge in [0.2, 0.25) is 0 Å². The van der Waals surface area contributed by atoms with Gasteiger partial charge in [-0.2, -0.15) is 0 Å². The Morgan fingerprint density at radius 3 is 3.00 bits per heavy atom. The molecule has 0 saturated heterocycles. The van der Waals surface area contributed by atoms with E-state index in [1.54, 1.807) is 0 Å². The van der Waals surface area contributed by atoms with Crippen LogP contribution in [0.3, 0.4) is 0 Å². The smallest absolute Gasteiger partial charge is 0.330 e. The van der Waals surface area contributed by atoms with Crippen molar-refractivity contribution in [2.75, 3.05) is 13.7 Å². The summed E-state index contributed by atoms with van der Waals surface area (Å²) in [5.41, 5.74) is 7.98. The molecule has 0 aliphatic rings. The quantitative estimate of drug-likeness (QED) is 0.179. The zero-order valence-corrected chi connectivity index (χ0v) is 8.41. The molecule has 0 spiro atoms. The average molecular weight is 211 g/mol. The van der Waals surface area contributed by atoms with E-state index in [1.165, 1.54) is 31.4 Å². The van der Waals surface area contributed by atoms with Crippen LogP contribution in [0.15, 0.2) is 29.4 Å². The van der Waals surface area contributed by atoms with Gasteiger partial charge in [0.15, 0.2) is 0 Å². The number of carbonyl (C=O) groups excluding carboxylic acids is 1. The molecule has 6 heteroatoms. The van der Waals surface area contributed by atoms with Crippen LogP contribution in [0.2, 0.25) is 0 Å². The van der Waals surface area contributed by atoms with E-state index in [9.17, 15) is 9.90 Å². The number of hydrogen-bond acceptors (Lipinski definition) is 4. The molecule has 0 radical (unpaired) electrons. The first-order valence-corrected chi connectivity index (χ1v) is 4.32. The fourth-order valence-electron chi connectivity index (χ4n) is 0.726. The molecule has 0 aromatic heterocycles. The van der Waals surface area contributed by atoms with Gasteiger partial charge in [0, 0.05) is 17.5 Å². The maximum atomic E-state index is 10.6. The van der Waals surface area contributed by atoms with Crippen LogP contribution in [0, 0.1) is 0 Å². The number of aliphatic hydroxyl groups excluding tert-OH is 1. The zero-order valence-electron chi connectivity index (χ0n) is 8.41. The molecule has 6 nitrogen and oxygen atoms in total. The number of aliphatic hydroxyl groups is 1. The third-order valence-corrected chi connectivity index (χ3v) is 1.47. The molecule has 1 unspecified atom stereocenters. The summed E-state index contributed by atoms with van der Waals surface area (Å²) in [7, 11) is 1.28. The summed E-state index contributed by atoms with van der Waals surface area (Å²) in [6.07, 6.45) is 5.38. The van der Waals surface area contributed by atoms with Crippen LogP contribution in [0.5, 0.6) is 0 Å². The maximum absolute atomic E-state index is 10.6. The van der Waals surface area contributed by atoms with Crippen LogP contribution in [0.4, 0.5) is 0 Å². The van der Waals surface area contributed by atoms with Gasteiger partial charge in [-0.05, 0) is 12.0 Å². The predicted molar refractivity (Wildman–Crippen MR) is 54.9 cm³/mol. The molecule has 0 aliphatic heterocycles. The molecule has 0 bridgehead atoms. The molecule has 15 heavy (non-hydrogen) atoms. The van der Waals surface area contributed by atoms with Gasteiger partial charge < -0.3 is 9.84 Å². The predicted octanol–water partition coefficient (Wildman–Crippen LogP) is 1.33. The third kappa shape index (κ3) is 8.55. The lowest BCUT2D eigenvalue weighted by molar-refractivity contribution is -0.134. The first kappa shape index (κ1) is 13.2. The fraction of sp³-hybridized carbons (Fsp3) is 0.444.